The molecule has 0 heterocycles. The van der Waals surface area contributed by atoms with E-state index in [1.807, 2.05) is 0 Å². The summed E-state index contributed by atoms with van der Waals surface area (Å²) >= 11 is 5.89. The fourth-order valence-corrected chi connectivity index (χ4v) is 1.21. The van der Waals surface area contributed by atoms with Gasteiger partial charge in [0.05, 0.1) is 17.8 Å². The van der Waals surface area contributed by atoms with E-state index >= 15 is 0 Å². The molecular weight excluding hydrogens is 218 g/mol. The summed E-state index contributed by atoms with van der Waals surface area (Å²) in [5.74, 6) is -0.312. The van der Waals surface area contributed by atoms with E-state index in [9.17, 15) is 4.79 Å². The van der Waals surface area contributed by atoms with Crippen LogP contribution in [-0.2, 0) is 4.79 Å². The summed E-state index contributed by atoms with van der Waals surface area (Å²) in [4.78, 5) is 10.6. The Morgan fingerprint density at radius 1 is 1.60 bits per heavy atom. The van der Waals surface area contributed by atoms with Gasteiger partial charge in [0.2, 0.25) is 0 Å². The number of carbonyl (C=O) groups is 1. The average Bonchev–Trinajstić information content (AvgIpc) is 2.21. The van der Waals surface area contributed by atoms with Gasteiger partial charge in [-0.3, -0.25) is 4.79 Å². The Morgan fingerprint density at radius 3 is 2.80 bits per heavy atom. The third-order valence-electron chi connectivity index (χ3n) is 1.92. The van der Waals surface area contributed by atoms with Crippen LogP contribution in [0.4, 0.5) is 5.69 Å². The van der Waals surface area contributed by atoms with Crippen LogP contribution >= 0.6 is 11.6 Å². The summed E-state index contributed by atoms with van der Waals surface area (Å²) < 4.78 is 5.01. The Hall–Kier alpha value is -1.42. The first-order chi connectivity index (χ1) is 7.04. The van der Waals surface area contributed by atoms with Gasteiger partial charge in [0, 0.05) is 6.07 Å². The molecule has 0 aliphatic heterocycles. The first-order valence-corrected chi connectivity index (χ1v) is 4.75. The van der Waals surface area contributed by atoms with Crippen LogP contribution in [0.25, 0.3) is 0 Å². The lowest BCUT2D eigenvalue weighted by molar-refractivity contribution is -0.137. The van der Waals surface area contributed by atoms with Gasteiger partial charge in [0.25, 0.3) is 0 Å². The summed E-state index contributed by atoms with van der Waals surface area (Å²) in [6, 6.07) is 4.31. The highest BCUT2D eigenvalue weighted by atomic mass is 35.5. The van der Waals surface area contributed by atoms with Crippen molar-refractivity contribution in [1.82, 2.24) is 0 Å². The van der Waals surface area contributed by atoms with Crippen LogP contribution in [-0.4, -0.2) is 24.2 Å². The summed E-state index contributed by atoms with van der Waals surface area (Å²) in [7, 11) is 1.54. The standard InChI is InChI=1S/C10H12ClNO3/c1-6(10(13)14)12-9-5-7(15-2)3-4-8(9)11/h3-6,12H,1-2H3,(H,13,14). The van der Waals surface area contributed by atoms with Gasteiger partial charge in [-0.05, 0) is 19.1 Å². The molecule has 2 N–H and O–H groups in total. The van der Waals surface area contributed by atoms with E-state index in [-0.39, 0.29) is 0 Å². The predicted molar refractivity (Wildman–Crippen MR) is 58.7 cm³/mol. The lowest BCUT2D eigenvalue weighted by atomic mass is 10.2. The number of methoxy groups -OCH3 is 1. The molecule has 5 heteroatoms. The second-order valence-electron chi connectivity index (χ2n) is 3.05. The molecule has 1 rings (SSSR count). The first kappa shape index (κ1) is 11.7. The largest absolute Gasteiger partial charge is 0.497 e. The highest BCUT2D eigenvalue weighted by molar-refractivity contribution is 6.33. The minimum atomic E-state index is -0.936. The zero-order chi connectivity index (χ0) is 11.4. The van der Waals surface area contributed by atoms with Crippen molar-refractivity contribution in [2.75, 3.05) is 12.4 Å². The molecule has 4 nitrogen and oxygen atoms in total. The molecule has 0 saturated heterocycles. The number of nitrogens with one attached hydrogen (secondary N) is 1. The number of hydrogen-bond acceptors (Lipinski definition) is 3. The average molecular weight is 230 g/mol. The van der Waals surface area contributed by atoms with E-state index in [0.717, 1.165) is 0 Å². The van der Waals surface area contributed by atoms with Crippen LogP contribution < -0.4 is 10.1 Å². The van der Waals surface area contributed by atoms with Gasteiger partial charge in [-0.1, -0.05) is 11.6 Å². The smallest absolute Gasteiger partial charge is 0.325 e. The number of carboxylic acid groups (broad SMARTS) is 1. The van der Waals surface area contributed by atoms with Crippen LogP contribution in [0.1, 0.15) is 6.92 Å². The molecule has 0 bridgehead atoms. The van der Waals surface area contributed by atoms with Gasteiger partial charge < -0.3 is 15.2 Å². The molecule has 0 aromatic heterocycles. The van der Waals surface area contributed by atoms with Crippen molar-refractivity contribution in [3.8, 4) is 5.75 Å². The predicted octanol–water partition coefficient (Wildman–Crippen LogP) is 2.23. The molecule has 0 fully saturated rings. The van der Waals surface area contributed by atoms with E-state index in [0.29, 0.717) is 16.5 Å². The van der Waals surface area contributed by atoms with Gasteiger partial charge in [0.1, 0.15) is 11.8 Å². The number of aliphatic carboxylic acids is 1. The molecule has 1 aromatic carbocycles. The van der Waals surface area contributed by atoms with Crippen molar-refractivity contribution in [3.63, 3.8) is 0 Å². The van der Waals surface area contributed by atoms with E-state index in [2.05, 4.69) is 5.32 Å². The Labute approximate surface area is 92.8 Å². The number of ether oxygens (including phenoxy) is 1. The highest BCUT2D eigenvalue weighted by Gasteiger charge is 2.12. The monoisotopic (exact) mass is 229 g/mol. The second kappa shape index (κ2) is 4.89. The second-order valence-corrected chi connectivity index (χ2v) is 3.46. The molecule has 82 valence electrons. The molecular formula is C10H12ClNO3. The van der Waals surface area contributed by atoms with Gasteiger partial charge in [-0.15, -0.1) is 0 Å². The van der Waals surface area contributed by atoms with Gasteiger partial charge in [-0.2, -0.15) is 0 Å². The van der Waals surface area contributed by atoms with Gasteiger partial charge in [-0.25, -0.2) is 0 Å². The van der Waals surface area contributed by atoms with Crippen molar-refractivity contribution in [2.24, 2.45) is 0 Å². The Bertz CT molecular complexity index is 368. The molecule has 0 saturated carbocycles. The maximum Gasteiger partial charge on any atom is 0.325 e. The van der Waals surface area contributed by atoms with E-state index in [1.165, 1.54) is 14.0 Å². The molecule has 15 heavy (non-hydrogen) atoms. The molecule has 1 aromatic rings. The Morgan fingerprint density at radius 2 is 2.27 bits per heavy atom. The molecule has 0 spiro atoms. The maximum absolute atomic E-state index is 10.6. The molecule has 1 atom stereocenters. The molecule has 0 amide bonds. The van der Waals surface area contributed by atoms with Crippen LogP contribution in [0.5, 0.6) is 5.75 Å². The van der Waals surface area contributed by atoms with Crippen LogP contribution in [0.15, 0.2) is 18.2 Å². The quantitative estimate of drug-likeness (QED) is 0.831. The normalized spacial score (nSPS) is 11.9. The van der Waals surface area contributed by atoms with E-state index < -0.39 is 12.0 Å². The van der Waals surface area contributed by atoms with Crippen molar-refractivity contribution >= 4 is 23.3 Å². The van der Waals surface area contributed by atoms with Crippen LogP contribution in [0, 0.1) is 0 Å². The van der Waals surface area contributed by atoms with E-state index in [1.54, 1.807) is 18.2 Å². The Kier molecular flexibility index (Phi) is 3.80. The van der Waals surface area contributed by atoms with Gasteiger partial charge >= 0.3 is 5.97 Å². The topological polar surface area (TPSA) is 58.6 Å². The van der Waals surface area contributed by atoms with Crippen LogP contribution in [0.2, 0.25) is 5.02 Å². The molecule has 1 unspecified atom stereocenters. The highest BCUT2D eigenvalue weighted by Crippen LogP contribution is 2.27. The molecule has 0 aliphatic rings. The summed E-state index contributed by atoms with van der Waals surface area (Å²) in [5.41, 5.74) is 0.547. The minimum Gasteiger partial charge on any atom is -0.497 e. The first-order valence-electron chi connectivity index (χ1n) is 4.37. The zero-order valence-electron chi connectivity index (χ0n) is 8.45. The number of halogens is 1. The van der Waals surface area contributed by atoms with Crippen molar-refractivity contribution in [2.45, 2.75) is 13.0 Å². The molecule has 0 aliphatic carbocycles. The lowest BCUT2D eigenvalue weighted by Crippen LogP contribution is -2.25. The summed E-state index contributed by atoms with van der Waals surface area (Å²) in [6.07, 6.45) is 0. The number of anilines is 1. The number of hydrogen-bond donors (Lipinski definition) is 2. The van der Waals surface area contributed by atoms with Crippen molar-refractivity contribution in [3.05, 3.63) is 23.2 Å². The van der Waals surface area contributed by atoms with Crippen LogP contribution in [0.3, 0.4) is 0 Å². The number of carboxylic acids is 1. The molecule has 0 radical (unpaired) electrons. The maximum atomic E-state index is 10.6. The van der Waals surface area contributed by atoms with Gasteiger partial charge in [0.15, 0.2) is 0 Å². The summed E-state index contributed by atoms with van der Waals surface area (Å²) in [6.45, 7) is 1.54. The van der Waals surface area contributed by atoms with E-state index in [4.69, 9.17) is 21.4 Å². The van der Waals surface area contributed by atoms with Crippen molar-refractivity contribution < 1.29 is 14.6 Å². The third kappa shape index (κ3) is 3.02. The lowest BCUT2D eigenvalue weighted by Gasteiger charge is -2.13. The zero-order valence-corrected chi connectivity index (χ0v) is 9.21. The summed E-state index contributed by atoms with van der Waals surface area (Å²) in [5, 5.41) is 12.0. The number of benzene rings is 1. The minimum absolute atomic E-state index is 0.462. The SMILES string of the molecule is COc1ccc(Cl)c(NC(C)C(=O)O)c1. The fourth-order valence-electron chi connectivity index (χ4n) is 1.04. The third-order valence-corrected chi connectivity index (χ3v) is 2.25. The number of rotatable bonds is 4. The fraction of sp³-hybridized carbons (Fsp3) is 0.300. The van der Waals surface area contributed by atoms with Crippen molar-refractivity contribution in [1.29, 1.82) is 0 Å². The Balaban J connectivity index is 2.88.